The molecule has 1 N–H and O–H groups in total. The standard InChI is InChI=1S/C23H23ClFNO4/c1-13-16(7-20(30-13)14-2-3-14)19(27)8-22-10-23(11-22,12-22)26-21(28)9-29-15-4-5-17(24)18(25)6-15/h4-7,14H,2-3,8-12H2,1H3,(H,26,28). The van der Waals surface area contributed by atoms with Crippen molar-refractivity contribution in [2.24, 2.45) is 5.41 Å². The van der Waals surface area contributed by atoms with E-state index >= 15 is 0 Å². The minimum absolute atomic E-state index is 0.00597. The van der Waals surface area contributed by atoms with Crippen LogP contribution in [0.5, 0.6) is 5.75 Å². The quantitative estimate of drug-likeness (QED) is 0.600. The lowest BCUT2D eigenvalue weighted by molar-refractivity contribution is -0.164. The highest BCUT2D eigenvalue weighted by molar-refractivity contribution is 6.30. The zero-order valence-corrected chi connectivity index (χ0v) is 17.5. The van der Waals surface area contributed by atoms with Gasteiger partial charge in [0.05, 0.1) is 10.6 Å². The second kappa shape index (κ2) is 6.84. The van der Waals surface area contributed by atoms with E-state index in [4.69, 9.17) is 20.8 Å². The fraction of sp³-hybridized carbons (Fsp3) is 0.478. The summed E-state index contributed by atoms with van der Waals surface area (Å²) < 4.78 is 24.6. The predicted molar refractivity (Wildman–Crippen MR) is 108 cm³/mol. The SMILES string of the molecule is Cc1oc(C2CC2)cc1C(=O)CC12CC(NC(=O)COc3ccc(Cl)c(F)c3)(C1)C2. The molecule has 7 heteroatoms. The molecule has 1 heterocycles. The van der Waals surface area contributed by atoms with Gasteiger partial charge in [0.2, 0.25) is 0 Å². The number of hydrogen-bond donors (Lipinski definition) is 1. The molecule has 0 saturated heterocycles. The molecule has 2 bridgehead atoms. The van der Waals surface area contributed by atoms with Crippen LogP contribution in [-0.4, -0.2) is 23.8 Å². The highest BCUT2D eigenvalue weighted by Crippen LogP contribution is 2.69. The maximum Gasteiger partial charge on any atom is 0.258 e. The predicted octanol–water partition coefficient (Wildman–Crippen LogP) is 4.95. The van der Waals surface area contributed by atoms with Crippen molar-refractivity contribution < 1.29 is 23.1 Å². The molecule has 4 aliphatic rings. The lowest BCUT2D eigenvalue weighted by Gasteiger charge is -2.70. The Hall–Kier alpha value is -2.34. The fourth-order valence-electron chi connectivity index (χ4n) is 5.15. The van der Waals surface area contributed by atoms with Crippen molar-refractivity contribution in [2.75, 3.05) is 6.61 Å². The van der Waals surface area contributed by atoms with E-state index in [0.717, 1.165) is 43.9 Å². The van der Waals surface area contributed by atoms with Crippen LogP contribution in [0.1, 0.15) is 66.3 Å². The summed E-state index contributed by atoms with van der Waals surface area (Å²) in [5, 5.41) is 3.03. The zero-order valence-electron chi connectivity index (χ0n) is 16.7. The summed E-state index contributed by atoms with van der Waals surface area (Å²) in [7, 11) is 0. The average molecular weight is 432 g/mol. The topological polar surface area (TPSA) is 68.5 Å². The number of amides is 1. The van der Waals surface area contributed by atoms with Crippen LogP contribution in [0.4, 0.5) is 4.39 Å². The molecular formula is C23H23ClFNO4. The van der Waals surface area contributed by atoms with Gasteiger partial charge in [0.25, 0.3) is 5.91 Å². The summed E-state index contributed by atoms with van der Waals surface area (Å²) in [6.07, 6.45) is 5.20. The van der Waals surface area contributed by atoms with Gasteiger partial charge in [-0.1, -0.05) is 11.6 Å². The molecule has 1 amide bonds. The minimum Gasteiger partial charge on any atom is -0.484 e. The summed E-state index contributed by atoms with van der Waals surface area (Å²) in [5.74, 6) is 1.71. The molecule has 1 aromatic carbocycles. The van der Waals surface area contributed by atoms with Crippen LogP contribution in [-0.2, 0) is 4.79 Å². The number of halogens is 2. The van der Waals surface area contributed by atoms with Gasteiger partial charge in [-0.3, -0.25) is 9.59 Å². The van der Waals surface area contributed by atoms with E-state index in [0.29, 0.717) is 23.7 Å². The molecule has 0 aliphatic heterocycles. The summed E-state index contributed by atoms with van der Waals surface area (Å²) >= 11 is 5.64. The maximum atomic E-state index is 13.4. The van der Waals surface area contributed by atoms with Crippen molar-refractivity contribution in [2.45, 2.75) is 56.9 Å². The van der Waals surface area contributed by atoms with Gasteiger partial charge in [-0.25, -0.2) is 4.39 Å². The second-order valence-corrected chi connectivity index (χ2v) is 9.62. The number of rotatable bonds is 8. The number of nitrogens with one attached hydrogen (secondary N) is 1. The minimum atomic E-state index is -0.585. The monoisotopic (exact) mass is 431 g/mol. The Morgan fingerprint density at radius 2 is 2.00 bits per heavy atom. The fourth-order valence-corrected chi connectivity index (χ4v) is 5.27. The molecule has 158 valence electrons. The number of Topliss-reactive ketones (excluding diaryl/α,β-unsaturated/α-hetero) is 1. The van der Waals surface area contributed by atoms with Gasteiger partial charge < -0.3 is 14.5 Å². The van der Waals surface area contributed by atoms with E-state index in [1.807, 2.05) is 13.0 Å². The smallest absolute Gasteiger partial charge is 0.258 e. The van der Waals surface area contributed by atoms with Crippen LogP contribution in [0.2, 0.25) is 5.02 Å². The van der Waals surface area contributed by atoms with Gasteiger partial charge in [0, 0.05) is 23.9 Å². The lowest BCUT2D eigenvalue weighted by Crippen LogP contribution is -2.75. The Balaban J connectivity index is 1.10. The van der Waals surface area contributed by atoms with Crippen molar-refractivity contribution in [3.8, 4) is 5.75 Å². The number of ketones is 1. The van der Waals surface area contributed by atoms with E-state index in [9.17, 15) is 14.0 Å². The summed E-state index contributed by atoms with van der Waals surface area (Å²) in [6.45, 7) is 1.67. The van der Waals surface area contributed by atoms with Gasteiger partial charge in [0.1, 0.15) is 23.1 Å². The van der Waals surface area contributed by atoms with Crippen LogP contribution in [0.3, 0.4) is 0 Å². The Labute approximate surface area is 178 Å². The van der Waals surface area contributed by atoms with Crippen molar-refractivity contribution in [1.82, 2.24) is 5.32 Å². The third-order valence-electron chi connectivity index (χ3n) is 6.56. The molecule has 2 aromatic rings. The molecule has 0 spiro atoms. The number of carbonyl (C=O) groups is 2. The number of benzene rings is 1. The summed E-state index contributed by atoms with van der Waals surface area (Å²) in [5.41, 5.74) is 0.480. The van der Waals surface area contributed by atoms with E-state index in [-0.39, 0.29) is 40.0 Å². The Kier molecular flexibility index (Phi) is 4.47. The number of furan rings is 1. The first-order valence-corrected chi connectivity index (χ1v) is 10.7. The Bertz CT molecular complexity index is 1020. The van der Waals surface area contributed by atoms with Crippen molar-refractivity contribution >= 4 is 23.3 Å². The first kappa shape index (κ1) is 19.6. The van der Waals surface area contributed by atoms with Gasteiger partial charge in [-0.2, -0.15) is 0 Å². The summed E-state index contributed by atoms with van der Waals surface area (Å²) in [4.78, 5) is 25.0. The number of aryl methyl sites for hydroxylation is 1. The molecule has 5 nitrogen and oxygen atoms in total. The number of hydrogen-bond acceptors (Lipinski definition) is 4. The Morgan fingerprint density at radius 3 is 2.67 bits per heavy atom. The van der Waals surface area contributed by atoms with E-state index in [1.54, 1.807) is 0 Å². The van der Waals surface area contributed by atoms with Crippen LogP contribution in [0.25, 0.3) is 0 Å². The van der Waals surface area contributed by atoms with Gasteiger partial charge in [-0.15, -0.1) is 0 Å². The van der Waals surface area contributed by atoms with Crippen molar-refractivity contribution in [3.63, 3.8) is 0 Å². The van der Waals surface area contributed by atoms with Gasteiger partial charge in [-0.05, 0) is 62.6 Å². The number of carbonyl (C=O) groups excluding carboxylic acids is 2. The van der Waals surface area contributed by atoms with Crippen LogP contribution >= 0.6 is 11.6 Å². The molecule has 30 heavy (non-hydrogen) atoms. The normalized spacial score (nSPS) is 26.5. The summed E-state index contributed by atoms with van der Waals surface area (Å²) in [6, 6.07) is 5.99. The Morgan fingerprint density at radius 1 is 1.27 bits per heavy atom. The second-order valence-electron chi connectivity index (χ2n) is 9.22. The molecule has 6 rings (SSSR count). The van der Waals surface area contributed by atoms with Gasteiger partial charge >= 0.3 is 0 Å². The van der Waals surface area contributed by atoms with Crippen LogP contribution < -0.4 is 10.1 Å². The molecule has 1 aromatic heterocycles. The van der Waals surface area contributed by atoms with E-state index in [2.05, 4.69) is 5.32 Å². The van der Waals surface area contributed by atoms with Crippen molar-refractivity contribution in [1.29, 1.82) is 0 Å². The van der Waals surface area contributed by atoms with E-state index < -0.39 is 5.82 Å². The highest BCUT2D eigenvalue weighted by atomic mass is 35.5. The molecule has 0 atom stereocenters. The van der Waals surface area contributed by atoms with Gasteiger partial charge in [0.15, 0.2) is 12.4 Å². The third-order valence-corrected chi connectivity index (χ3v) is 6.86. The van der Waals surface area contributed by atoms with Crippen LogP contribution in [0.15, 0.2) is 28.7 Å². The molecule has 4 saturated carbocycles. The molecule has 4 fully saturated rings. The molecule has 0 radical (unpaired) electrons. The van der Waals surface area contributed by atoms with Crippen LogP contribution in [0, 0.1) is 18.2 Å². The molecule has 4 aliphatic carbocycles. The first-order valence-electron chi connectivity index (χ1n) is 10.3. The first-order chi connectivity index (χ1) is 14.3. The zero-order chi connectivity index (χ0) is 21.1. The largest absolute Gasteiger partial charge is 0.484 e. The van der Waals surface area contributed by atoms with E-state index in [1.165, 1.54) is 12.1 Å². The highest BCUT2D eigenvalue weighted by Gasteiger charge is 2.68. The maximum absolute atomic E-state index is 13.4. The average Bonchev–Trinajstić information content (AvgIpc) is 3.42. The molecular weight excluding hydrogens is 409 g/mol. The third kappa shape index (κ3) is 3.51. The van der Waals surface area contributed by atoms with Crippen molar-refractivity contribution in [3.05, 3.63) is 52.2 Å². The number of ether oxygens (including phenoxy) is 1. The lowest BCUT2D eigenvalue weighted by atomic mass is 9.38. The molecule has 0 unspecified atom stereocenters.